The monoisotopic (exact) mass is 250 g/mol. The summed E-state index contributed by atoms with van der Waals surface area (Å²) in [6, 6.07) is 3.95. The van der Waals surface area contributed by atoms with Gasteiger partial charge < -0.3 is 14.7 Å². The van der Waals surface area contributed by atoms with E-state index in [0.29, 0.717) is 6.42 Å². The molecule has 1 N–H and O–H groups in total. The lowest BCUT2D eigenvalue weighted by Crippen LogP contribution is -2.53. The Hall–Kier alpha value is -1.13. The van der Waals surface area contributed by atoms with Crippen molar-refractivity contribution in [2.75, 3.05) is 24.7 Å². The van der Waals surface area contributed by atoms with Crippen molar-refractivity contribution in [1.82, 2.24) is 4.98 Å². The fourth-order valence-corrected chi connectivity index (χ4v) is 2.30. The highest BCUT2D eigenvalue weighted by atomic mass is 16.5. The van der Waals surface area contributed by atoms with Crippen molar-refractivity contribution >= 4 is 5.69 Å². The van der Waals surface area contributed by atoms with Crippen molar-refractivity contribution in [3.05, 3.63) is 24.0 Å². The van der Waals surface area contributed by atoms with Gasteiger partial charge in [0.25, 0.3) is 0 Å². The molecule has 1 fully saturated rings. The molecule has 0 aliphatic carbocycles. The van der Waals surface area contributed by atoms with E-state index in [9.17, 15) is 5.11 Å². The van der Waals surface area contributed by atoms with E-state index in [1.165, 1.54) is 0 Å². The Bertz CT molecular complexity index is 389. The number of morpholine rings is 1. The van der Waals surface area contributed by atoms with Crippen molar-refractivity contribution < 1.29 is 9.84 Å². The van der Waals surface area contributed by atoms with Gasteiger partial charge in [-0.1, -0.05) is 6.92 Å². The first kappa shape index (κ1) is 13.3. The van der Waals surface area contributed by atoms with E-state index in [0.717, 1.165) is 31.1 Å². The Balaban J connectivity index is 2.18. The summed E-state index contributed by atoms with van der Waals surface area (Å²) in [6.45, 7) is 8.65. The van der Waals surface area contributed by atoms with Gasteiger partial charge in [0.15, 0.2) is 0 Å². The number of anilines is 1. The summed E-state index contributed by atoms with van der Waals surface area (Å²) in [5, 5.41) is 9.74. The molecular formula is C14H22N2O2. The van der Waals surface area contributed by atoms with Crippen molar-refractivity contribution in [2.45, 2.75) is 38.8 Å². The van der Waals surface area contributed by atoms with Crippen LogP contribution in [0, 0.1) is 0 Å². The maximum absolute atomic E-state index is 9.74. The predicted octanol–water partition coefficient (Wildman–Crippen LogP) is 2.14. The number of ether oxygens (including phenoxy) is 1. The van der Waals surface area contributed by atoms with E-state index < -0.39 is 6.10 Å². The molecule has 4 nitrogen and oxygen atoms in total. The van der Waals surface area contributed by atoms with Gasteiger partial charge in [-0.05, 0) is 32.4 Å². The van der Waals surface area contributed by atoms with E-state index in [1.54, 1.807) is 0 Å². The van der Waals surface area contributed by atoms with Gasteiger partial charge in [0, 0.05) is 6.54 Å². The van der Waals surface area contributed by atoms with Crippen LogP contribution in [0.25, 0.3) is 0 Å². The second-order valence-corrected chi connectivity index (χ2v) is 5.38. The number of aliphatic hydroxyl groups is 1. The maximum atomic E-state index is 9.74. The lowest BCUT2D eigenvalue weighted by atomic mass is 10.0. The summed E-state index contributed by atoms with van der Waals surface area (Å²) in [5.74, 6) is 0. The van der Waals surface area contributed by atoms with Gasteiger partial charge in [0.2, 0.25) is 0 Å². The van der Waals surface area contributed by atoms with Crippen molar-refractivity contribution in [3.63, 3.8) is 0 Å². The first-order chi connectivity index (χ1) is 8.54. The normalized spacial score (nSPS) is 20.8. The van der Waals surface area contributed by atoms with Crippen molar-refractivity contribution in [2.24, 2.45) is 0 Å². The van der Waals surface area contributed by atoms with Crippen LogP contribution in [0.2, 0.25) is 0 Å². The summed E-state index contributed by atoms with van der Waals surface area (Å²) >= 11 is 0. The maximum Gasteiger partial charge on any atom is 0.0957 e. The third-order valence-corrected chi connectivity index (χ3v) is 3.46. The van der Waals surface area contributed by atoms with E-state index in [1.807, 2.05) is 25.3 Å². The van der Waals surface area contributed by atoms with Crippen LogP contribution in [0.5, 0.6) is 0 Å². The van der Waals surface area contributed by atoms with E-state index in [-0.39, 0.29) is 5.54 Å². The Morgan fingerprint density at radius 2 is 2.28 bits per heavy atom. The summed E-state index contributed by atoms with van der Waals surface area (Å²) in [6.07, 6.45) is 2.08. The number of nitrogens with zero attached hydrogens (tertiary/aromatic N) is 2. The third kappa shape index (κ3) is 2.65. The number of aromatic nitrogens is 1. The molecule has 18 heavy (non-hydrogen) atoms. The predicted molar refractivity (Wildman–Crippen MR) is 71.7 cm³/mol. The van der Waals surface area contributed by atoms with E-state index in [2.05, 4.69) is 23.7 Å². The van der Waals surface area contributed by atoms with Crippen molar-refractivity contribution in [1.29, 1.82) is 0 Å². The van der Waals surface area contributed by atoms with Crippen LogP contribution < -0.4 is 4.90 Å². The molecule has 0 spiro atoms. The molecule has 1 aliphatic rings. The highest BCUT2D eigenvalue weighted by Gasteiger charge is 2.30. The second-order valence-electron chi connectivity index (χ2n) is 5.38. The first-order valence-electron chi connectivity index (χ1n) is 6.54. The van der Waals surface area contributed by atoms with Gasteiger partial charge in [0.05, 0.1) is 42.4 Å². The summed E-state index contributed by atoms with van der Waals surface area (Å²) in [7, 11) is 0. The fourth-order valence-electron chi connectivity index (χ4n) is 2.30. The molecule has 0 amide bonds. The lowest BCUT2D eigenvalue weighted by molar-refractivity contribution is 0.0643. The lowest BCUT2D eigenvalue weighted by Gasteiger charge is -2.43. The molecule has 0 aromatic carbocycles. The molecule has 0 bridgehead atoms. The van der Waals surface area contributed by atoms with Crippen LogP contribution in [0.3, 0.4) is 0 Å². The molecule has 2 rings (SSSR count). The molecule has 1 aliphatic heterocycles. The Morgan fingerprint density at radius 1 is 1.50 bits per heavy atom. The molecular weight excluding hydrogens is 228 g/mol. The molecule has 1 saturated heterocycles. The number of hydrogen-bond donors (Lipinski definition) is 1. The SMILES string of the molecule is CC[C@@H](O)c1ccc(N2CCOCC2(C)C)cn1. The van der Waals surface area contributed by atoms with E-state index >= 15 is 0 Å². The number of aliphatic hydroxyl groups excluding tert-OH is 1. The van der Waals surface area contributed by atoms with E-state index in [4.69, 9.17) is 4.74 Å². The molecule has 4 heteroatoms. The number of rotatable bonds is 3. The van der Waals surface area contributed by atoms with Crippen LogP contribution >= 0.6 is 0 Å². The number of pyridine rings is 1. The zero-order valence-corrected chi connectivity index (χ0v) is 11.4. The molecule has 0 radical (unpaired) electrons. The van der Waals surface area contributed by atoms with Crippen LogP contribution in [0.15, 0.2) is 18.3 Å². The molecule has 0 unspecified atom stereocenters. The van der Waals surface area contributed by atoms with Crippen molar-refractivity contribution in [3.8, 4) is 0 Å². The molecule has 2 heterocycles. The molecule has 100 valence electrons. The zero-order chi connectivity index (χ0) is 13.2. The van der Waals surface area contributed by atoms with Gasteiger partial charge in [-0.15, -0.1) is 0 Å². The zero-order valence-electron chi connectivity index (χ0n) is 11.4. The standard InChI is InChI=1S/C14H22N2O2/c1-4-13(17)12-6-5-11(9-15-12)16-7-8-18-10-14(16,2)3/h5-6,9,13,17H,4,7-8,10H2,1-3H3/t13-/m1/s1. The van der Waals surface area contributed by atoms with Gasteiger partial charge in [0.1, 0.15) is 0 Å². The van der Waals surface area contributed by atoms with Gasteiger partial charge in [-0.25, -0.2) is 0 Å². The minimum Gasteiger partial charge on any atom is -0.387 e. The van der Waals surface area contributed by atoms with Gasteiger partial charge >= 0.3 is 0 Å². The molecule has 0 saturated carbocycles. The Morgan fingerprint density at radius 3 is 2.83 bits per heavy atom. The third-order valence-electron chi connectivity index (χ3n) is 3.46. The Labute approximate surface area is 109 Å². The van der Waals surface area contributed by atoms with Gasteiger partial charge in [-0.2, -0.15) is 0 Å². The molecule has 1 aromatic rings. The Kier molecular flexibility index (Phi) is 3.88. The van der Waals surface area contributed by atoms with Crippen LogP contribution in [0.4, 0.5) is 5.69 Å². The fraction of sp³-hybridized carbons (Fsp3) is 0.643. The van der Waals surface area contributed by atoms with Gasteiger partial charge in [-0.3, -0.25) is 4.98 Å². The van der Waals surface area contributed by atoms with Crippen LogP contribution in [0.1, 0.15) is 39.0 Å². The first-order valence-corrected chi connectivity index (χ1v) is 6.54. The molecule has 1 atom stereocenters. The highest BCUT2D eigenvalue weighted by Crippen LogP contribution is 2.27. The highest BCUT2D eigenvalue weighted by molar-refractivity contribution is 5.48. The van der Waals surface area contributed by atoms with Crippen LogP contribution in [-0.4, -0.2) is 35.4 Å². The minimum atomic E-state index is -0.461. The van der Waals surface area contributed by atoms with Crippen LogP contribution in [-0.2, 0) is 4.74 Å². The smallest absolute Gasteiger partial charge is 0.0957 e. The quantitative estimate of drug-likeness (QED) is 0.892. The topological polar surface area (TPSA) is 45.6 Å². The number of hydrogen-bond acceptors (Lipinski definition) is 4. The summed E-state index contributed by atoms with van der Waals surface area (Å²) in [5.41, 5.74) is 1.83. The molecule has 1 aromatic heterocycles. The summed E-state index contributed by atoms with van der Waals surface area (Å²) < 4.78 is 5.51. The minimum absolute atomic E-state index is 0.00911. The average Bonchev–Trinajstić information content (AvgIpc) is 2.37. The average molecular weight is 250 g/mol. The largest absolute Gasteiger partial charge is 0.387 e. The second kappa shape index (κ2) is 5.24. The summed E-state index contributed by atoms with van der Waals surface area (Å²) in [4.78, 5) is 6.67.